The summed E-state index contributed by atoms with van der Waals surface area (Å²) in [5.41, 5.74) is 7.64. The standard InChI is InChI=1S/C15H22N2OS/c1-10-4-3-5-11(10)9-17-14-8-12(18-2)6-7-13(14)15(16)19/h6-8,10-11,17H,3-5,9H2,1-2H3,(H2,16,19). The van der Waals surface area contributed by atoms with Gasteiger partial charge in [0.1, 0.15) is 10.7 Å². The largest absolute Gasteiger partial charge is 0.497 e. The highest BCUT2D eigenvalue weighted by Crippen LogP contribution is 2.32. The van der Waals surface area contributed by atoms with E-state index in [2.05, 4.69) is 12.2 Å². The maximum absolute atomic E-state index is 5.77. The lowest BCUT2D eigenvalue weighted by Gasteiger charge is -2.19. The van der Waals surface area contributed by atoms with Gasteiger partial charge in [-0.1, -0.05) is 32.0 Å². The second kappa shape index (κ2) is 6.24. The molecule has 0 amide bonds. The minimum atomic E-state index is 0.421. The maximum atomic E-state index is 5.77. The molecule has 0 heterocycles. The average Bonchev–Trinajstić information content (AvgIpc) is 2.81. The molecule has 3 nitrogen and oxygen atoms in total. The van der Waals surface area contributed by atoms with E-state index in [-0.39, 0.29) is 0 Å². The molecule has 2 atom stereocenters. The van der Waals surface area contributed by atoms with Crippen LogP contribution in [0.2, 0.25) is 0 Å². The first-order valence-electron chi connectivity index (χ1n) is 6.83. The van der Waals surface area contributed by atoms with Gasteiger partial charge in [0, 0.05) is 23.9 Å². The lowest BCUT2D eigenvalue weighted by Crippen LogP contribution is -2.19. The van der Waals surface area contributed by atoms with Crippen LogP contribution in [0, 0.1) is 11.8 Å². The molecule has 19 heavy (non-hydrogen) atoms. The monoisotopic (exact) mass is 278 g/mol. The number of ether oxygens (including phenoxy) is 1. The Kier molecular flexibility index (Phi) is 4.64. The van der Waals surface area contributed by atoms with Crippen molar-refractivity contribution in [3.05, 3.63) is 23.8 Å². The number of hydrogen-bond acceptors (Lipinski definition) is 3. The van der Waals surface area contributed by atoms with E-state index in [0.29, 0.717) is 4.99 Å². The lowest BCUT2D eigenvalue weighted by atomic mass is 9.98. The SMILES string of the molecule is COc1ccc(C(N)=S)c(NCC2CCCC2C)c1. The molecular formula is C15H22N2OS. The zero-order valence-electron chi connectivity index (χ0n) is 11.6. The first kappa shape index (κ1) is 14.1. The maximum Gasteiger partial charge on any atom is 0.120 e. The Bertz CT molecular complexity index is 461. The van der Waals surface area contributed by atoms with Crippen molar-refractivity contribution < 1.29 is 4.74 Å². The molecule has 0 radical (unpaired) electrons. The summed E-state index contributed by atoms with van der Waals surface area (Å²) in [6.45, 7) is 3.31. The Morgan fingerprint density at radius 1 is 1.47 bits per heavy atom. The van der Waals surface area contributed by atoms with Gasteiger partial charge in [0.2, 0.25) is 0 Å². The van der Waals surface area contributed by atoms with E-state index < -0.39 is 0 Å². The van der Waals surface area contributed by atoms with Crippen molar-refractivity contribution >= 4 is 22.9 Å². The van der Waals surface area contributed by atoms with E-state index >= 15 is 0 Å². The number of nitrogens with one attached hydrogen (secondary N) is 1. The molecule has 0 aliphatic heterocycles. The third-order valence-electron chi connectivity index (χ3n) is 4.09. The molecule has 0 saturated heterocycles. The highest BCUT2D eigenvalue weighted by Gasteiger charge is 2.23. The zero-order chi connectivity index (χ0) is 13.8. The fourth-order valence-corrected chi connectivity index (χ4v) is 2.96. The van der Waals surface area contributed by atoms with Crippen molar-refractivity contribution in [3.63, 3.8) is 0 Å². The van der Waals surface area contributed by atoms with Gasteiger partial charge in [-0.05, 0) is 30.4 Å². The number of benzene rings is 1. The van der Waals surface area contributed by atoms with Gasteiger partial charge in [-0.3, -0.25) is 0 Å². The lowest BCUT2D eigenvalue weighted by molar-refractivity contribution is 0.414. The van der Waals surface area contributed by atoms with Crippen LogP contribution in [-0.2, 0) is 0 Å². The Balaban J connectivity index is 2.10. The minimum Gasteiger partial charge on any atom is -0.497 e. The quantitative estimate of drug-likeness (QED) is 0.812. The number of rotatable bonds is 5. The molecule has 1 fully saturated rings. The number of nitrogens with two attached hydrogens (primary N) is 1. The molecular weight excluding hydrogens is 256 g/mol. The molecule has 0 spiro atoms. The van der Waals surface area contributed by atoms with Gasteiger partial charge in [-0.2, -0.15) is 0 Å². The van der Waals surface area contributed by atoms with Crippen LogP contribution < -0.4 is 15.8 Å². The summed E-state index contributed by atoms with van der Waals surface area (Å²) in [6, 6.07) is 5.77. The van der Waals surface area contributed by atoms with Gasteiger partial charge in [-0.15, -0.1) is 0 Å². The molecule has 1 aliphatic rings. The molecule has 3 N–H and O–H groups in total. The number of thiocarbonyl (C=S) groups is 1. The number of methoxy groups -OCH3 is 1. The molecule has 1 aromatic carbocycles. The molecule has 0 bridgehead atoms. The zero-order valence-corrected chi connectivity index (χ0v) is 12.4. The third-order valence-corrected chi connectivity index (χ3v) is 4.31. The van der Waals surface area contributed by atoms with E-state index in [9.17, 15) is 0 Å². The number of anilines is 1. The summed E-state index contributed by atoms with van der Waals surface area (Å²) < 4.78 is 5.26. The van der Waals surface area contributed by atoms with Gasteiger partial charge >= 0.3 is 0 Å². The Morgan fingerprint density at radius 2 is 2.26 bits per heavy atom. The molecule has 1 aliphatic carbocycles. The van der Waals surface area contributed by atoms with Gasteiger partial charge in [0.25, 0.3) is 0 Å². The normalized spacial score (nSPS) is 22.2. The highest BCUT2D eigenvalue weighted by atomic mass is 32.1. The van der Waals surface area contributed by atoms with Gasteiger partial charge < -0.3 is 15.8 Å². The van der Waals surface area contributed by atoms with Crippen LogP contribution in [-0.4, -0.2) is 18.6 Å². The summed E-state index contributed by atoms with van der Waals surface area (Å²) in [5.74, 6) is 2.36. The van der Waals surface area contributed by atoms with Crippen molar-refractivity contribution in [2.75, 3.05) is 19.0 Å². The van der Waals surface area contributed by atoms with Crippen molar-refractivity contribution in [3.8, 4) is 5.75 Å². The summed E-state index contributed by atoms with van der Waals surface area (Å²) in [7, 11) is 1.67. The average molecular weight is 278 g/mol. The predicted octanol–water partition coefficient (Wildman–Crippen LogP) is 3.18. The highest BCUT2D eigenvalue weighted by molar-refractivity contribution is 7.80. The topological polar surface area (TPSA) is 47.3 Å². The van der Waals surface area contributed by atoms with Gasteiger partial charge in [-0.25, -0.2) is 0 Å². The van der Waals surface area contributed by atoms with Crippen LogP contribution in [0.5, 0.6) is 5.75 Å². The fraction of sp³-hybridized carbons (Fsp3) is 0.533. The van der Waals surface area contributed by atoms with Crippen LogP contribution in [0.15, 0.2) is 18.2 Å². The van der Waals surface area contributed by atoms with Gasteiger partial charge in [0.05, 0.1) is 7.11 Å². The third kappa shape index (κ3) is 3.38. The van der Waals surface area contributed by atoms with E-state index in [1.165, 1.54) is 19.3 Å². The Labute approximate surface area is 120 Å². The molecule has 2 unspecified atom stereocenters. The van der Waals surface area contributed by atoms with Crippen LogP contribution in [0.25, 0.3) is 0 Å². The second-order valence-corrected chi connectivity index (χ2v) is 5.76. The minimum absolute atomic E-state index is 0.421. The second-order valence-electron chi connectivity index (χ2n) is 5.32. The van der Waals surface area contributed by atoms with Crippen molar-refractivity contribution in [1.29, 1.82) is 0 Å². The molecule has 1 saturated carbocycles. The number of hydrogen-bond donors (Lipinski definition) is 2. The summed E-state index contributed by atoms with van der Waals surface area (Å²) in [4.78, 5) is 0.421. The van der Waals surface area contributed by atoms with Crippen LogP contribution >= 0.6 is 12.2 Å². The van der Waals surface area contributed by atoms with Gasteiger partial charge in [0.15, 0.2) is 0 Å². The molecule has 2 rings (SSSR count). The molecule has 4 heteroatoms. The molecule has 1 aromatic rings. The first-order chi connectivity index (χ1) is 9.11. The van der Waals surface area contributed by atoms with Crippen molar-refractivity contribution in [1.82, 2.24) is 0 Å². The Hall–Kier alpha value is -1.29. The van der Waals surface area contributed by atoms with Crippen LogP contribution in [0.3, 0.4) is 0 Å². The van der Waals surface area contributed by atoms with E-state index in [0.717, 1.165) is 35.4 Å². The van der Waals surface area contributed by atoms with E-state index in [4.69, 9.17) is 22.7 Å². The molecule has 104 valence electrons. The molecule has 0 aromatic heterocycles. The smallest absolute Gasteiger partial charge is 0.120 e. The van der Waals surface area contributed by atoms with E-state index in [1.54, 1.807) is 7.11 Å². The van der Waals surface area contributed by atoms with Crippen LogP contribution in [0.1, 0.15) is 31.7 Å². The fourth-order valence-electron chi connectivity index (χ4n) is 2.78. The van der Waals surface area contributed by atoms with Crippen molar-refractivity contribution in [2.24, 2.45) is 17.6 Å². The van der Waals surface area contributed by atoms with Crippen molar-refractivity contribution in [2.45, 2.75) is 26.2 Å². The summed E-state index contributed by atoms with van der Waals surface area (Å²) >= 11 is 5.10. The Morgan fingerprint density at radius 3 is 2.84 bits per heavy atom. The predicted molar refractivity (Wildman–Crippen MR) is 83.9 cm³/mol. The summed E-state index contributed by atoms with van der Waals surface area (Å²) in [5, 5.41) is 3.49. The summed E-state index contributed by atoms with van der Waals surface area (Å²) in [6.07, 6.45) is 3.99. The first-order valence-corrected chi connectivity index (χ1v) is 7.24. The van der Waals surface area contributed by atoms with E-state index in [1.807, 2.05) is 18.2 Å². The van der Waals surface area contributed by atoms with Crippen LogP contribution in [0.4, 0.5) is 5.69 Å².